The topological polar surface area (TPSA) is 29.3 Å². The third-order valence-electron chi connectivity index (χ3n) is 3.00. The molecule has 92 valence electrons. The van der Waals surface area contributed by atoms with E-state index in [9.17, 15) is 0 Å². The second kappa shape index (κ2) is 5.21. The monoisotopic (exact) mass is 231 g/mol. The summed E-state index contributed by atoms with van der Waals surface area (Å²) in [5, 5.41) is 3.55. The van der Waals surface area contributed by atoms with Crippen molar-refractivity contribution in [2.45, 2.75) is 39.7 Å². The average Bonchev–Trinajstić information content (AvgIpc) is 2.75. The first-order valence-electron chi connectivity index (χ1n) is 6.35. The van der Waals surface area contributed by atoms with E-state index in [1.165, 1.54) is 12.8 Å². The number of nitrogens with one attached hydrogen (secondary N) is 1. The lowest BCUT2D eigenvalue weighted by Crippen LogP contribution is -2.17. The fourth-order valence-corrected chi connectivity index (χ4v) is 1.97. The second-order valence-electron chi connectivity index (χ2n) is 5.08. The highest BCUT2D eigenvalue weighted by Crippen LogP contribution is 2.15. The Labute approximate surface area is 103 Å². The van der Waals surface area contributed by atoms with E-state index in [0.29, 0.717) is 6.04 Å². The number of pyridine rings is 1. The fourth-order valence-electron chi connectivity index (χ4n) is 1.97. The van der Waals surface area contributed by atoms with Gasteiger partial charge in [0.25, 0.3) is 0 Å². The molecule has 0 saturated heterocycles. The largest absolute Gasteiger partial charge is 0.369 e. The fraction of sp³-hybridized carbons (Fsp3) is 0.500. The zero-order valence-electron chi connectivity index (χ0n) is 10.9. The van der Waals surface area contributed by atoms with E-state index >= 15 is 0 Å². The van der Waals surface area contributed by atoms with Crippen molar-refractivity contribution in [2.24, 2.45) is 5.92 Å². The number of anilines is 1. The molecule has 2 aromatic heterocycles. The van der Waals surface area contributed by atoms with E-state index in [0.717, 1.165) is 17.4 Å². The number of hydrogen-bond acceptors (Lipinski definition) is 2. The Kier molecular flexibility index (Phi) is 3.67. The van der Waals surface area contributed by atoms with E-state index in [4.69, 9.17) is 0 Å². The molecule has 2 rings (SSSR count). The molecule has 0 aromatic carbocycles. The predicted octanol–water partition coefficient (Wildman–Crippen LogP) is 3.57. The van der Waals surface area contributed by atoms with Crippen molar-refractivity contribution in [3.63, 3.8) is 0 Å². The molecule has 1 atom stereocenters. The molecule has 17 heavy (non-hydrogen) atoms. The third kappa shape index (κ3) is 2.99. The summed E-state index contributed by atoms with van der Waals surface area (Å²) in [5.41, 5.74) is 0.992. The van der Waals surface area contributed by atoms with Crippen LogP contribution in [0.4, 0.5) is 5.82 Å². The van der Waals surface area contributed by atoms with E-state index in [2.05, 4.69) is 41.5 Å². The zero-order valence-corrected chi connectivity index (χ0v) is 10.9. The van der Waals surface area contributed by atoms with Gasteiger partial charge >= 0.3 is 0 Å². The summed E-state index contributed by atoms with van der Waals surface area (Å²) in [4.78, 5) is 4.28. The molecule has 0 saturated carbocycles. The van der Waals surface area contributed by atoms with E-state index in [1.807, 2.05) is 24.5 Å². The molecule has 0 fully saturated rings. The van der Waals surface area contributed by atoms with Crippen LogP contribution >= 0.6 is 0 Å². The molecular weight excluding hydrogens is 210 g/mol. The van der Waals surface area contributed by atoms with Crippen LogP contribution in [0.5, 0.6) is 0 Å². The minimum absolute atomic E-state index is 0.491. The lowest BCUT2D eigenvalue weighted by molar-refractivity contribution is 0.527. The van der Waals surface area contributed by atoms with Gasteiger partial charge in [0.2, 0.25) is 0 Å². The Bertz CT molecular complexity index is 473. The van der Waals surface area contributed by atoms with Crippen LogP contribution in [0.1, 0.15) is 33.6 Å². The van der Waals surface area contributed by atoms with E-state index < -0.39 is 0 Å². The van der Waals surface area contributed by atoms with Gasteiger partial charge in [-0.2, -0.15) is 0 Å². The van der Waals surface area contributed by atoms with Crippen LogP contribution in [0.25, 0.3) is 5.65 Å². The van der Waals surface area contributed by atoms with Gasteiger partial charge < -0.3 is 5.32 Å². The maximum Gasteiger partial charge on any atom is 0.138 e. The maximum atomic E-state index is 4.28. The average molecular weight is 231 g/mol. The lowest BCUT2D eigenvalue weighted by Gasteiger charge is -2.17. The Hall–Kier alpha value is -1.51. The molecule has 0 radical (unpaired) electrons. The van der Waals surface area contributed by atoms with Crippen LogP contribution in [0, 0.1) is 5.92 Å². The SMILES string of the molecule is CC(C)CCC(C)Nc1cccc2nccn12. The van der Waals surface area contributed by atoms with E-state index in [1.54, 1.807) is 0 Å². The molecule has 1 unspecified atom stereocenters. The quantitative estimate of drug-likeness (QED) is 0.852. The predicted molar refractivity (Wildman–Crippen MR) is 72.3 cm³/mol. The molecule has 0 amide bonds. The highest BCUT2D eigenvalue weighted by atomic mass is 15.1. The Morgan fingerprint density at radius 3 is 2.82 bits per heavy atom. The molecule has 0 spiro atoms. The lowest BCUT2D eigenvalue weighted by atomic mass is 10.0. The highest BCUT2D eigenvalue weighted by molar-refractivity contribution is 5.50. The summed E-state index contributed by atoms with van der Waals surface area (Å²) in [7, 11) is 0. The molecule has 3 heteroatoms. The van der Waals surface area contributed by atoms with Crippen molar-refractivity contribution in [3.05, 3.63) is 30.6 Å². The van der Waals surface area contributed by atoms with Gasteiger partial charge in [-0.05, 0) is 37.8 Å². The first-order chi connectivity index (χ1) is 8.16. The number of rotatable bonds is 5. The molecule has 0 bridgehead atoms. The van der Waals surface area contributed by atoms with Crippen molar-refractivity contribution >= 4 is 11.5 Å². The minimum atomic E-state index is 0.491. The Balaban J connectivity index is 2.05. The summed E-state index contributed by atoms with van der Waals surface area (Å²) >= 11 is 0. The van der Waals surface area contributed by atoms with Crippen molar-refractivity contribution in [1.29, 1.82) is 0 Å². The molecule has 0 aliphatic rings. The number of hydrogen-bond donors (Lipinski definition) is 1. The number of aromatic nitrogens is 2. The van der Waals surface area contributed by atoms with Gasteiger partial charge in [0, 0.05) is 18.4 Å². The van der Waals surface area contributed by atoms with Crippen molar-refractivity contribution in [3.8, 4) is 0 Å². The molecule has 2 heterocycles. The van der Waals surface area contributed by atoms with Crippen LogP contribution in [0.15, 0.2) is 30.6 Å². The van der Waals surface area contributed by atoms with Gasteiger partial charge in [0.05, 0.1) is 0 Å². The van der Waals surface area contributed by atoms with Crippen LogP contribution in [0.3, 0.4) is 0 Å². The van der Waals surface area contributed by atoms with Crippen LogP contribution in [0.2, 0.25) is 0 Å². The van der Waals surface area contributed by atoms with Crippen LogP contribution < -0.4 is 5.32 Å². The number of nitrogens with zero attached hydrogens (tertiary/aromatic N) is 2. The molecular formula is C14H21N3. The summed E-state index contributed by atoms with van der Waals surface area (Å²) in [6, 6.07) is 6.65. The molecule has 0 aliphatic heterocycles. The van der Waals surface area contributed by atoms with Crippen molar-refractivity contribution in [1.82, 2.24) is 9.38 Å². The summed E-state index contributed by atoms with van der Waals surface area (Å²) in [5.74, 6) is 1.89. The van der Waals surface area contributed by atoms with Crippen molar-refractivity contribution in [2.75, 3.05) is 5.32 Å². The second-order valence-corrected chi connectivity index (χ2v) is 5.08. The van der Waals surface area contributed by atoms with Gasteiger partial charge in [0.15, 0.2) is 0 Å². The van der Waals surface area contributed by atoms with Gasteiger partial charge in [0.1, 0.15) is 11.5 Å². The van der Waals surface area contributed by atoms with Gasteiger partial charge in [-0.3, -0.25) is 4.40 Å². The summed E-state index contributed by atoms with van der Waals surface area (Å²) < 4.78 is 2.09. The van der Waals surface area contributed by atoms with Gasteiger partial charge in [-0.1, -0.05) is 19.9 Å². The highest BCUT2D eigenvalue weighted by Gasteiger charge is 2.06. The minimum Gasteiger partial charge on any atom is -0.369 e. The molecule has 1 N–H and O–H groups in total. The molecule has 0 aliphatic carbocycles. The van der Waals surface area contributed by atoms with Crippen LogP contribution in [-0.2, 0) is 0 Å². The van der Waals surface area contributed by atoms with Gasteiger partial charge in [-0.15, -0.1) is 0 Å². The third-order valence-corrected chi connectivity index (χ3v) is 3.00. The summed E-state index contributed by atoms with van der Waals surface area (Å²) in [6.45, 7) is 6.77. The molecule has 2 aromatic rings. The van der Waals surface area contributed by atoms with Crippen molar-refractivity contribution < 1.29 is 0 Å². The van der Waals surface area contributed by atoms with Gasteiger partial charge in [-0.25, -0.2) is 4.98 Å². The number of fused-ring (bicyclic) bond motifs is 1. The Morgan fingerprint density at radius 1 is 1.24 bits per heavy atom. The first-order valence-corrected chi connectivity index (χ1v) is 6.35. The Morgan fingerprint density at radius 2 is 2.06 bits per heavy atom. The first kappa shape index (κ1) is 12.0. The standard InChI is InChI=1S/C14H21N3/c1-11(2)7-8-12(3)16-14-6-4-5-13-15-9-10-17(13)14/h4-6,9-12,16H,7-8H2,1-3H3. The van der Waals surface area contributed by atoms with Crippen LogP contribution in [-0.4, -0.2) is 15.4 Å². The number of imidazole rings is 1. The smallest absolute Gasteiger partial charge is 0.138 e. The van der Waals surface area contributed by atoms with E-state index in [-0.39, 0.29) is 0 Å². The zero-order chi connectivity index (χ0) is 12.3. The molecule has 3 nitrogen and oxygen atoms in total. The maximum absolute atomic E-state index is 4.28. The normalized spacial score (nSPS) is 13.2. The summed E-state index contributed by atoms with van der Waals surface area (Å²) in [6.07, 6.45) is 6.28.